The van der Waals surface area contributed by atoms with E-state index in [9.17, 15) is 4.39 Å². The Bertz CT molecular complexity index is 786. The molecular formula is C21H31FN6. The summed E-state index contributed by atoms with van der Waals surface area (Å²) in [4.78, 5) is 11.1. The first-order chi connectivity index (χ1) is 13.5. The topological polar surface area (TPSA) is 57.5 Å². The molecule has 2 atom stereocenters. The fourth-order valence-corrected chi connectivity index (χ4v) is 3.54. The highest BCUT2D eigenvalue weighted by atomic mass is 19.1. The Morgan fingerprint density at radius 2 is 2.18 bits per heavy atom. The molecule has 6 nitrogen and oxygen atoms in total. The standard InChI is InChI=1S/C21H31FN6/c1-5-24-21(26-19-13-28(15(2)3)12-16(19)4)25-11-17-6-7-20(18(22)10-17)27-9-8-23-14-27/h6-10,14-16,19H,5,11-13H2,1-4H3,(H2,24,25,26). The summed E-state index contributed by atoms with van der Waals surface area (Å²) in [6, 6.07) is 6.12. The van der Waals surface area contributed by atoms with Crippen molar-refractivity contribution in [2.75, 3.05) is 19.6 Å². The van der Waals surface area contributed by atoms with Crippen molar-refractivity contribution < 1.29 is 4.39 Å². The van der Waals surface area contributed by atoms with Gasteiger partial charge in [0.05, 0.1) is 18.6 Å². The van der Waals surface area contributed by atoms with Gasteiger partial charge in [-0.15, -0.1) is 0 Å². The van der Waals surface area contributed by atoms with Gasteiger partial charge in [-0.25, -0.2) is 14.4 Å². The van der Waals surface area contributed by atoms with Gasteiger partial charge in [-0.05, 0) is 44.4 Å². The highest BCUT2D eigenvalue weighted by Gasteiger charge is 2.31. The zero-order valence-electron chi connectivity index (χ0n) is 17.2. The van der Waals surface area contributed by atoms with Crippen LogP contribution in [0.3, 0.4) is 0 Å². The van der Waals surface area contributed by atoms with Crippen LogP contribution in [-0.2, 0) is 6.54 Å². The van der Waals surface area contributed by atoms with Gasteiger partial charge in [-0.1, -0.05) is 13.0 Å². The molecule has 28 heavy (non-hydrogen) atoms. The maximum atomic E-state index is 14.4. The van der Waals surface area contributed by atoms with E-state index in [1.54, 1.807) is 35.4 Å². The molecule has 0 amide bonds. The highest BCUT2D eigenvalue weighted by molar-refractivity contribution is 5.80. The Hall–Kier alpha value is -2.41. The molecule has 2 unspecified atom stereocenters. The number of imidazole rings is 1. The molecule has 1 aliphatic rings. The summed E-state index contributed by atoms with van der Waals surface area (Å²) in [5.41, 5.74) is 1.32. The molecule has 0 spiro atoms. The maximum absolute atomic E-state index is 14.4. The van der Waals surface area contributed by atoms with Gasteiger partial charge < -0.3 is 15.2 Å². The quantitative estimate of drug-likeness (QED) is 0.592. The Labute approximate surface area is 166 Å². The van der Waals surface area contributed by atoms with E-state index < -0.39 is 0 Å². The minimum atomic E-state index is -0.277. The second kappa shape index (κ2) is 9.19. The van der Waals surface area contributed by atoms with Gasteiger partial charge >= 0.3 is 0 Å². The van der Waals surface area contributed by atoms with Crippen LogP contribution in [0.25, 0.3) is 5.69 Å². The molecule has 1 aromatic heterocycles. The monoisotopic (exact) mass is 386 g/mol. The predicted octanol–water partition coefficient (Wildman–Crippen LogP) is 2.80. The van der Waals surface area contributed by atoms with Crippen molar-refractivity contribution in [1.29, 1.82) is 0 Å². The first kappa shape index (κ1) is 20.3. The van der Waals surface area contributed by atoms with Crippen molar-refractivity contribution in [3.05, 3.63) is 48.3 Å². The summed E-state index contributed by atoms with van der Waals surface area (Å²) in [7, 11) is 0. The molecule has 7 heteroatoms. The second-order valence-corrected chi connectivity index (χ2v) is 7.73. The minimum Gasteiger partial charge on any atom is -0.357 e. The van der Waals surface area contributed by atoms with E-state index in [-0.39, 0.29) is 5.82 Å². The maximum Gasteiger partial charge on any atom is 0.191 e. The Morgan fingerprint density at radius 3 is 2.79 bits per heavy atom. The molecule has 1 saturated heterocycles. The first-order valence-electron chi connectivity index (χ1n) is 10.0. The summed E-state index contributed by atoms with van der Waals surface area (Å²) >= 11 is 0. The Kier molecular flexibility index (Phi) is 6.67. The summed E-state index contributed by atoms with van der Waals surface area (Å²) in [5.74, 6) is 1.06. The molecule has 1 aliphatic heterocycles. The van der Waals surface area contributed by atoms with Crippen LogP contribution in [0.15, 0.2) is 41.9 Å². The molecule has 1 aromatic carbocycles. The number of aliphatic imine (C=N–C) groups is 1. The minimum absolute atomic E-state index is 0.277. The number of nitrogens with one attached hydrogen (secondary N) is 2. The van der Waals surface area contributed by atoms with Gasteiger partial charge in [0.2, 0.25) is 0 Å². The van der Waals surface area contributed by atoms with E-state index in [4.69, 9.17) is 0 Å². The Morgan fingerprint density at radius 1 is 1.36 bits per heavy atom. The zero-order valence-corrected chi connectivity index (χ0v) is 17.2. The Balaban J connectivity index is 1.67. The van der Waals surface area contributed by atoms with Crippen LogP contribution in [0, 0.1) is 11.7 Å². The SMILES string of the molecule is CCNC(=NCc1ccc(-n2ccnc2)c(F)c1)NC1CN(C(C)C)CC1C. The first-order valence-corrected chi connectivity index (χ1v) is 10.0. The normalized spacial score (nSPS) is 20.7. The van der Waals surface area contributed by atoms with Gasteiger partial charge in [0.25, 0.3) is 0 Å². The number of guanidine groups is 1. The number of nitrogens with zero attached hydrogens (tertiary/aromatic N) is 4. The highest BCUT2D eigenvalue weighted by Crippen LogP contribution is 2.19. The van der Waals surface area contributed by atoms with Crippen molar-refractivity contribution in [2.24, 2.45) is 10.9 Å². The molecular weight excluding hydrogens is 355 g/mol. The van der Waals surface area contributed by atoms with E-state index >= 15 is 0 Å². The van der Waals surface area contributed by atoms with Crippen LogP contribution in [0.5, 0.6) is 0 Å². The molecule has 2 N–H and O–H groups in total. The van der Waals surface area contributed by atoms with Crippen molar-refractivity contribution in [2.45, 2.75) is 46.3 Å². The molecule has 0 aliphatic carbocycles. The number of aromatic nitrogens is 2. The number of hydrogen-bond donors (Lipinski definition) is 2. The van der Waals surface area contributed by atoms with Crippen LogP contribution >= 0.6 is 0 Å². The zero-order chi connectivity index (χ0) is 20.1. The van der Waals surface area contributed by atoms with Crippen molar-refractivity contribution in [1.82, 2.24) is 25.1 Å². The molecule has 2 aromatic rings. The van der Waals surface area contributed by atoms with Gasteiger partial charge in [-0.2, -0.15) is 0 Å². The molecule has 2 heterocycles. The number of hydrogen-bond acceptors (Lipinski definition) is 3. The third-order valence-corrected chi connectivity index (χ3v) is 5.25. The van der Waals surface area contributed by atoms with Crippen LogP contribution in [0.4, 0.5) is 4.39 Å². The average Bonchev–Trinajstić information content (AvgIpc) is 3.30. The largest absolute Gasteiger partial charge is 0.357 e. The summed E-state index contributed by atoms with van der Waals surface area (Å²) in [6.07, 6.45) is 4.95. The molecule has 152 valence electrons. The van der Waals surface area contributed by atoms with E-state index in [1.807, 2.05) is 6.07 Å². The van der Waals surface area contributed by atoms with Gasteiger partial charge in [-0.3, -0.25) is 4.90 Å². The lowest BCUT2D eigenvalue weighted by atomic mass is 10.1. The average molecular weight is 387 g/mol. The molecule has 1 fully saturated rings. The fourth-order valence-electron chi connectivity index (χ4n) is 3.54. The third-order valence-electron chi connectivity index (χ3n) is 5.25. The molecule has 0 bridgehead atoms. The van der Waals surface area contributed by atoms with Crippen LogP contribution in [-0.4, -0.2) is 52.1 Å². The molecule has 0 saturated carbocycles. The van der Waals surface area contributed by atoms with E-state index in [0.717, 1.165) is 31.2 Å². The lowest BCUT2D eigenvalue weighted by Crippen LogP contribution is -2.46. The summed E-state index contributed by atoms with van der Waals surface area (Å²) in [5, 5.41) is 6.87. The van der Waals surface area contributed by atoms with E-state index in [1.165, 1.54) is 0 Å². The van der Waals surface area contributed by atoms with Gasteiger partial charge in [0.1, 0.15) is 5.82 Å². The second-order valence-electron chi connectivity index (χ2n) is 7.73. The van der Waals surface area contributed by atoms with Crippen molar-refractivity contribution in [3.63, 3.8) is 0 Å². The van der Waals surface area contributed by atoms with Crippen LogP contribution in [0.2, 0.25) is 0 Å². The number of halogens is 1. The number of benzene rings is 1. The lowest BCUT2D eigenvalue weighted by Gasteiger charge is -2.22. The summed E-state index contributed by atoms with van der Waals surface area (Å²) in [6.45, 7) is 12.1. The van der Waals surface area contributed by atoms with Gasteiger partial charge in [0, 0.05) is 44.1 Å². The van der Waals surface area contributed by atoms with E-state index in [0.29, 0.717) is 30.2 Å². The van der Waals surface area contributed by atoms with Gasteiger partial charge in [0.15, 0.2) is 5.96 Å². The molecule has 0 radical (unpaired) electrons. The van der Waals surface area contributed by atoms with Crippen molar-refractivity contribution in [3.8, 4) is 5.69 Å². The smallest absolute Gasteiger partial charge is 0.191 e. The van der Waals surface area contributed by atoms with Crippen LogP contribution < -0.4 is 10.6 Å². The summed E-state index contributed by atoms with van der Waals surface area (Å²) < 4.78 is 16.1. The molecule has 3 rings (SSSR count). The van der Waals surface area contributed by atoms with Crippen molar-refractivity contribution >= 4 is 5.96 Å². The van der Waals surface area contributed by atoms with Crippen LogP contribution in [0.1, 0.15) is 33.3 Å². The van der Waals surface area contributed by atoms with E-state index in [2.05, 4.69) is 53.2 Å². The number of likely N-dealkylation sites (tertiary alicyclic amines) is 1. The third kappa shape index (κ3) is 4.90. The predicted molar refractivity (Wildman–Crippen MR) is 111 cm³/mol. The fraction of sp³-hybridized carbons (Fsp3) is 0.524. The number of rotatable bonds is 6. The lowest BCUT2D eigenvalue weighted by molar-refractivity contribution is 0.265.